The Morgan fingerprint density at radius 1 is 0.971 bits per heavy atom. The van der Waals surface area contributed by atoms with Gasteiger partial charge in [-0.25, -0.2) is 0 Å². The summed E-state index contributed by atoms with van der Waals surface area (Å²) in [7, 11) is 0. The fourth-order valence-corrected chi connectivity index (χ4v) is 7.28. The topological polar surface area (TPSA) is 40.5 Å². The van der Waals surface area contributed by atoms with E-state index in [1.165, 1.54) is 57.1 Å². The molecule has 4 rings (SSSR count). The van der Waals surface area contributed by atoms with Crippen LogP contribution in [-0.2, 0) is 11.0 Å². The number of hydrogen-bond donors (Lipinski definition) is 1. The first kappa shape index (κ1) is 26.5. The zero-order valence-corrected chi connectivity index (χ0v) is 21.3. The van der Waals surface area contributed by atoms with Crippen molar-refractivity contribution in [2.75, 3.05) is 13.1 Å². The minimum atomic E-state index is -4.35. The van der Waals surface area contributed by atoms with Gasteiger partial charge in [-0.15, -0.1) is 0 Å². The molecular formula is C29H42F3NO2. The minimum absolute atomic E-state index is 0.0707. The summed E-state index contributed by atoms with van der Waals surface area (Å²) in [6.07, 6.45) is 7.21. The Kier molecular flexibility index (Phi) is 8.19. The zero-order valence-electron chi connectivity index (χ0n) is 21.3. The van der Waals surface area contributed by atoms with Crippen molar-refractivity contribution in [3.05, 3.63) is 35.4 Å². The van der Waals surface area contributed by atoms with Crippen LogP contribution in [0.1, 0.15) is 102 Å². The molecule has 0 bridgehead atoms. The number of benzene rings is 1. The number of carboxylic acid groups (broad SMARTS) is 1. The standard InChI is InChI=1S/C29H42F3NO2/c1-28(2)15-5-8-24(28)19-33(18-20-6-3-4-7-20)26-14-9-21(17-27(34)35)16-25(26)22-10-12-23(13-11-22)29(30,31)32/h10-13,20-21,24-26H,3-9,14-19H2,1-2H3,(H,34,35)/t21?,24?,25?,26-/m1/s1. The second kappa shape index (κ2) is 10.8. The van der Waals surface area contributed by atoms with E-state index in [2.05, 4.69) is 18.7 Å². The maximum Gasteiger partial charge on any atom is 0.416 e. The number of carbonyl (C=O) groups is 1. The van der Waals surface area contributed by atoms with Crippen molar-refractivity contribution in [3.63, 3.8) is 0 Å². The largest absolute Gasteiger partial charge is 0.481 e. The molecule has 3 aliphatic carbocycles. The van der Waals surface area contributed by atoms with Gasteiger partial charge in [0.1, 0.15) is 0 Å². The first-order chi connectivity index (χ1) is 16.5. The van der Waals surface area contributed by atoms with Crippen molar-refractivity contribution < 1.29 is 23.1 Å². The van der Waals surface area contributed by atoms with Gasteiger partial charge in [0.2, 0.25) is 0 Å². The smallest absolute Gasteiger partial charge is 0.416 e. The summed E-state index contributed by atoms with van der Waals surface area (Å²) < 4.78 is 39.7. The van der Waals surface area contributed by atoms with Crippen LogP contribution < -0.4 is 0 Å². The van der Waals surface area contributed by atoms with Crippen LogP contribution in [0.15, 0.2) is 24.3 Å². The zero-order chi connectivity index (χ0) is 25.2. The molecule has 0 aromatic heterocycles. The Labute approximate surface area is 208 Å². The number of aliphatic carboxylic acids is 1. The van der Waals surface area contributed by atoms with E-state index in [-0.39, 0.29) is 24.3 Å². The molecule has 1 N–H and O–H groups in total. The van der Waals surface area contributed by atoms with E-state index in [1.807, 2.05) is 0 Å². The molecule has 1 aromatic rings. The highest BCUT2D eigenvalue weighted by Gasteiger charge is 2.41. The average Bonchev–Trinajstić information content (AvgIpc) is 3.41. The molecule has 0 heterocycles. The lowest BCUT2D eigenvalue weighted by Gasteiger charge is -2.46. The second-order valence-electron chi connectivity index (χ2n) is 12.3. The van der Waals surface area contributed by atoms with Crippen LogP contribution in [0.5, 0.6) is 0 Å². The molecule has 35 heavy (non-hydrogen) atoms. The molecule has 4 atom stereocenters. The Bertz CT molecular complexity index is 844. The predicted molar refractivity (Wildman–Crippen MR) is 132 cm³/mol. The fraction of sp³-hybridized carbons (Fsp3) is 0.759. The molecule has 6 heteroatoms. The van der Waals surface area contributed by atoms with Gasteiger partial charge in [0.15, 0.2) is 0 Å². The molecule has 3 aliphatic rings. The molecule has 196 valence electrons. The van der Waals surface area contributed by atoms with E-state index >= 15 is 0 Å². The highest BCUT2D eigenvalue weighted by Crippen LogP contribution is 2.46. The Balaban J connectivity index is 1.61. The number of rotatable bonds is 8. The fourth-order valence-electron chi connectivity index (χ4n) is 7.28. The van der Waals surface area contributed by atoms with Gasteiger partial charge >= 0.3 is 12.1 Å². The third-order valence-corrected chi connectivity index (χ3v) is 9.42. The van der Waals surface area contributed by atoms with E-state index in [4.69, 9.17) is 0 Å². The number of hydrogen-bond acceptors (Lipinski definition) is 2. The molecule has 0 amide bonds. The van der Waals surface area contributed by atoms with Crippen molar-refractivity contribution in [2.24, 2.45) is 23.2 Å². The van der Waals surface area contributed by atoms with Crippen molar-refractivity contribution >= 4 is 5.97 Å². The van der Waals surface area contributed by atoms with Gasteiger partial charge in [-0.3, -0.25) is 9.69 Å². The van der Waals surface area contributed by atoms with Crippen LogP contribution in [0.25, 0.3) is 0 Å². The van der Waals surface area contributed by atoms with E-state index in [0.29, 0.717) is 17.3 Å². The van der Waals surface area contributed by atoms with Crippen molar-refractivity contribution in [3.8, 4) is 0 Å². The summed E-state index contributed by atoms with van der Waals surface area (Å²) in [6, 6.07) is 5.96. The Morgan fingerprint density at radius 2 is 1.66 bits per heavy atom. The average molecular weight is 494 g/mol. The maximum absolute atomic E-state index is 13.2. The number of carboxylic acids is 1. The maximum atomic E-state index is 13.2. The van der Waals surface area contributed by atoms with Crippen LogP contribution in [0.3, 0.4) is 0 Å². The van der Waals surface area contributed by atoms with Crippen molar-refractivity contribution in [1.82, 2.24) is 4.90 Å². The van der Waals surface area contributed by atoms with Crippen LogP contribution in [-0.4, -0.2) is 35.1 Å². The van der Waals surface area contributed by atoms with Gasteiger partial charge in [-0.05, 0) is 91.7 Å². The highest BCUT2D eigenvalue weighted by molar-refractivity contribution is 5.67. The minimum Gasteiger partial charge on any atom is -0.481 e. The number of halogens is 3. The van der Waals surface area contributed by atoms with Gasteiger partial charge in [0.05, 0.1) is 5.56 Å². The Morgan fingerprint density at radius 3 is 2.23 bits per heavy atom. The van der Waals surface area contributed by atoms with Gasteiger partial charge in [-0.2, -0.15) is 13.2 Å². The van der Waals surface area contributed by atoms with Crippen molar-refractivity contribution in [1.29, 1.82) is 0 Å². The predicted octanol–water partition coefficient (Wildman–Crippen LogP) is 7.75. The molecule has 0 spiro atoms. The van der Waals surface area contributed by atoms with E-state index in [1.54, 1.807) is 12.1 Å². The molecule has 3 nitrogen and oxygen atoms in total. The van der Waals surface area contributed by atoms with Gasteiger partial charge < -0.3 is 5.11 Å². The summed E-state index contributed by atoms with van der Waals surface area (Å²) in [5.74, 6) is 0.696. The summed E-state index contributed by atoms with van der Waals surface area (Å²) in [5, 5.41) is 9.43. The van der Waals surface area contributed by atoms with Crippen LogP contribution >= 0.6 is 0 Å². The normalized spacial score (nSPS) is 29.7. The molecule has 0 radical (unpaired) electrons. The quantitative estimate of drug-likeness (QED) is 0.402. The second-order valence-corrected chi connectivity index (χ2v) is 12.3. The van der Waals surface area contributed by atoms with Gasteiger partial charge in [-0.1, -0.05) is 45.2 Å². The lowest BCUT2D eigenvalue weighted by atomic mass is 9.72. The Hall–Kier alpha value is -1.56. The van der Waals surface area contributed by atoms with Crippen LogP contribution in [0.4, 0.5) is 13.2 Å². The highest BCUT2D eigenvalue weighted by atomic mass is 19.4. The molecule has 3 unspecified atom stereocenters. The third kappa shape index (κ3) is 6.61. The first-order valence-electron chi connectivity index (χ1n) is 13.7. The van der Waals surface area contributed by atoms with E-state index in [0.717, 1.165) is 37.9 Å². The van der Waals surface area contributed by atoms with E-state index in [9.17, 15) is 23.1 Å². The van der Waals surface area contributed by atoms with Crippen LogP contribution in [0.2, 0.25) is 0 Å². The third-order valence-electron chi connectivity index (χ3n) is 9.42. The summed E-state index contributed by atoms with van der Waals surface area (Å²) >= 11 is 0. The molecule has 0 saturated heterocycles. The van der Waals surface area contributed by atoms with Gasteiger partial charge in [0, 0.05) is 25.6 Å². The summed E-state index contributed by atoms with van der Waals surface area (Å²) in [5.41, 5.74) is 0.629. The molecular weight excluding hydrogens is 451 g/mol. The van der Waals surface area contributed by atoms with Crippen LogP contribution in [0, 0.1) is 23.2 Å². The first-order valence-corrected chi connectivity index (χ1v) is 13.7. The number of nitrogens with zero attached hydrogens (tertiary/aromatic N) is 1. The number of alkyl halides is 3. The molecule has 1 aromatic carbocycles. The molecule has 3 fully saturated rings. The lowest BCUT2D eigenvalue weighted by Crippen LogP contribution is -2.48. The van der Waals surface area contributed by atoms with E-state index < -0.39 is 17.7 Å². The van der Waals surface area contributed by atoms with Gasteiger partial charge in [0.25, 0.3) is 0 Å². The monoisotopic (exact) mass is 493 g/mol. The lowest BCUT2D eigenvalue weighted by molar-refractivity contribution is -0.139. The summed E-state index contributed by atoms with van der Waals surface area (Å²) in [4.78, 5) is 14.2. The molecule has 3 saturated carbocycles. The van der Waals surface area contributed by atoms with Crippen molar-refractivity contribution in [2.45, 2.75) is 103 Å². The SMILES string of the molecule is CC1(C)CCCC1CN(CC1CCCC1)[C@@H]1CCC(CC(=O)O)CC1c1ccc(C(F)(F)F)cc1. The summed E-state index contributed by atoms with van der Waals surface area (Å²) in [6.45, 7) is 6.89. The molecule has 0 aliphatic heterocycles.